The number of hydrogen-bond donors (Lipinski definition) is 2. The van der Waals surface area contributed by atoms with E-state index in [1.165, 1.54) is 126 Å². The predicted molar refractivity (Wildman–Crippen MR) is 152 cm³/mol. The minimum absolute atomic E-state index is 0. The summed E-state index contributed by atoms with van der Waals surface area (Å²) in [6, 6.07) is 0. The van der Waals surface area contributed by atoms with Gasteiger partial charge in [-0.25, -0.2) is 4.79 Å². The molecule has 0 aromatic heterocycles. The van der Waals surface area contributed by atoms with Gasteiger partial charge in [0, 0.05) is 28.4 Å². The van der Waals surface area contributed by atoms with E-state index in [0.29, 0.717) is 0 Å². The molecule has 0 aliphatic heterocycles. The molecule has 0 aliphatic rings. The first kappa shape index (κ1) is 75.6. The number of aliphatic carboxylic acids is 1. The number of carboxylic acids is 1. The van der Waals surface area contributed by atoms with E-state index >= 15 is 0 Å². The quantitative estimate of drug-likeness (QED) is 0.213. The molecule has 0 bridgehead atoms. The standard InChI is InChI=1S/4C5H10O2.C3H6O3.4K.3H2O.2H/c4*1-4(6)5(2)7-3;1-2(4)3(5)6;;;;;;;;;/h4*5H,1-3H3;2,4H,1H3,(H,5,6);;;;;3*1H2;;/q;;;;;;;2*+1;;;;2*-1. The summed E-state index contributed by atoms with van der Waals surface area (Å²) >= 11 is 2.50. The van der Waals surface area contributed by atoms with Crippen molar-refractivity contribution in [2.24, 2.45) is 0 Å². The van der Waals surface area contributed by atoms with Gasteiger partial charge in [-0.1, -0.05) is 0 Å². The molecule has 0 spiro atoms. The van der Waals surface area contributed by atoms with Gasteiger partial charge in [0.05, 0.1) is 0 Å². The monoisotopic (exact) mass is 710 g/mol. The Morgan fingerprint density at radius 2 is 0.634 bits per heavy atom. The number of methoxy groups -OCH3 is 4. The Bertz CT molecular complexity index is 514. The third-order valence-electron chi connectivity index (χ3n) is 4.06. The fourth-order valence-corrected chi connectivity index (χ4v) is 0.664. The van der Waals surface area contributed by atoms with Crippen LogP contribution in [0.4, 0.5) is 0 Å². The van der Waals surface area contributed by atoms with E-state index in [4.69, 9.17) is 10.2 Å². The van der Waals surface area contributed by atoms with Crippen LogP contribution in [0, 0.1) is 0 Å². The Morgan fingerprint density at radius 1 is 0.537 bits per heavy atom. The van der Waals surface area contributed by atoms with Gasteiger partial charge in [-0.3, -0.25) is 19.2 Å². The number of Topliss-reactive ketones (excluding diaryl/α,β-unsaturated/α-hetero) is 4. The van der Waals surface area contributed by atoms with Crippen molar-refractivity contribution in [3.63, 3.8) is 0 Å². The normalized spacial score (nSPS) is 11.5. The van der Waals surface area contributed by atoms with Crippen molar-refractivity contribution in [1.82, 2.24) is 0 Å². The molecule has 5 unspecified atom stereocenters. The van der Waals surface area contributed by atoms with Crippen LogP contribution in [-0.4, -0.2) is 178 Å². The van der Waals surface area contributed by atoms with Crippen molar-refractivity contribution >= 4 is 92.3 Å². The average molecular weight is 711 g/mol. The second-order valence-corrected chi connectivity index (χ2v) is 6.97. The van der Waals surface area contributed by atoms with E-state index in [0.717, 1.165) is 0 Å². The average Bonchev–Trinajstić information content (AvgIpc) is 2.84. The first-order valence-electron chi connectivity index (χ1n) is 11.4. The van der Waals surface area contributed by atoms with Crippen LogP contribution in [0.2, 0.25) is 0 Å². The number of carbonyl (C=O) groups is 5. The number of ether oxygens (including phenoxy) is 4. The summed E-state index contributed by atoms with van der Waals surface area (Å²) in [6.45, 7) is 14.1. The summed E-state index contributed by atoms with van der Waals surface area (Å²) in [7, 11) is 6.08. The zero-order valence-corrected chi connectivity index (χ0v) is 40.9. The number of ketones is 4. The topological polar surface area (TPSA) is 257 Å². The molecule has 0 aromatic carbocycles. The van der Waals surface area contributed by atoms with Crippen molar-refractivity contribution < 1.29 is 175 Å². The summed E-state index contributed by atoms with van der Waals surface area (Å²) < 4.78 is 18.6. The maximum atomic E-state index is 10.2. The van der Waals surface area contributed by atoms with Crippen LogP contribution in [0.15, 0.2) is 0 Å². The van der Waals surface area contributed by atoms with Crippen LogP contribution in [-0.2, 0) is 42.9 Å². The Hall–Kier alpha value is 4.38. The zero-order valence-electron chi connectivity index (χ0n) is 30.5. The first-order valence-corrected chi connectivity index (χ1v) is 27.4. The number of carbonyl (C=O) groups excluding carboxylic acids is 4. The third kappa shape index (κ3) is 76.0. The van der Waals surface area contributed by atoms with Crippen LogP contribution in [0.25, 0.3) is 0 Å². The summed E-state index contributed by atoms with van der Waals surface area (Å²) in [5.41, 5.74) is 0. The molecule has 8 N–H and O–H groups in total. The summed E-state index contributed by atoms with van der Waals surface area (Å²) in [4.78, 5) is 50.4. The Morgan fingerprint density at radius 3 is 0.634 bits per heavy atom. The Kier molecular flexibility index (Phi) is 105. The van der Waals surface area contributed by atoms with Gasteiger partial charge in [0.15, 0.2) is 23.1 Å². The second kappa shape index (κ2) is 56.7. The number of aliphatic hydroxyl groups is 1. The van der Waals surface area contributed by atoms with Crippen molar-refractivity contribution in [2.75, 3.05) is 28.4 Å². The molecule has 0 radical (unpaired) electrons. The molecule has 14 nitrogen and oxygen atoms in total. The zero-order chi connectivity index (χ0) is 30.6. The van der Waals surface area contributed by atoms with Crippen LogP contribution < -0.4 is 103 Å². The summed E-state index contributed by atoms with van der Waals surface area (Å²) in [5.74, 6) is -0.898. The number of aliphatic hydroxyl groups excluding tert-OH is 1. The number of hydrogen-bond acceptors (Lipinski definition) is 10. The molecule has 0 fully saturated rings. The maximum absolute atomic E-state index is 10.2. The third-order valence-corrected chi connectivity index (χ3v) is 4.06. The minimum atomic E-state index is -1.23. The van der Waals surface area contributed by atoms with E-state index < -0.39 is 12.1 Å². The molecular weight excluding hydrogens is 657 g/mol. The van der Waals surface area contributed by atoms with Gasteiger partial charge in [0.25, 0.3) is 0 Å². The fourth-order valence-electron chi connectivity index (χ4n) is 0.664. The molecule has 0 aliphatic carbocycles. The summed E-state index contributed by atoms with van der Waals surface area (Å²) in [5, 5.41) is 15.8. The molecule has 0 aromatic rings. The second-order valence-electron chi connectivity index (χ2n) is 6.97. The Balaban J connectivity index is -0.0000000225. The van der Waals surface area contributed by atoms with Gasteiger partial charge < -0.3 is 48.4 Å². The van der Waals surface area contributed by atoms with Crippen molar-refractivity contribution in [1.29, 1.82) is 0 Å². The fraction of sp³-hybridized carbons (Fsp3) is 0.783. The van der Waals surface area contributed by atoms with E-state index in [1.54, 1.807) is 27.7 Å². The van der Waals surface area contributed by atoms with Gasteiger partial charge in [-0.15, -0.1) is 0 Å². The SMILES string of the molecule is CC(O)C(=O)O.COC(C)C(C)=O.COC(C)C(C)=O.COC(C)C(C)=O.COC(C)C(C)=O.O.O.O.[H-].[H-].[K+].[K+].[K][K]. The van der Waals surface area contributed by atoms with Gasteiger partial charge in [-0.05, 0) is 62.3 Å². The van der Waals surface area contributed by atoms with E-state index in [-0.39, 0.29) is 170 Å². The molecule has 0 amide bonds. The van der Waals surface area contributed by atoms with Gasteiger partial charge in [0.2, 0.25) is 0 Å². The molecule has 5 atom stereocenters. The molecule has 0 saturated carbocycles. The molecule has 0 heterocycles. The van der Waals surface area contributed by atoms with Crippen LogP contribution >= 0.6 is 0 Å². The van der Waals surface area contributed by atoms with E-state index in [2.05, 4.69) is 18.9 Å². The van der Waals surface area contributed by atoms with Gasteiger partial charge in [0.1, 0.15) is 30.5 Å². The number of rotatable bonds is 9. The van der Waals surface area contributed by atoms with Crippen LogP contribution in [0.5, 0.6) is 0 Å². The Labute approximate surface area is 379 Å². The van der Waals surface area contributed by atoms with Crippen molar-refractivity contribution in [3.05, 3.63) is 0 Å². The molecule has 234 valence electrons. The van der Waals surface area contributed by atoms with Crippen molar-refractivity contribution in [3.8, 4) is 0 Å². The van der Waals surface area contributed by atoms with Gasteiger partial charge >= 0.3 is 172 Å². The van der Waals surface area contributed by atoms with Crippen molar-refractivity contribution in [2.45, 2.75) is 92.8 Å². The molecule has 18 heteroatoms. The van der Waals surface area contributed by atoms with E-state index in [1.807, 2.05) is 0 Å². The molecule has 41 heavy (non-hydrogen) atoms. The van der Waals surface area contributed by atoms with Gasteiger partial charge in [-0.2, -0.15) is 0 Å². The first-order chi connectivity index (χ1) is 16.4. The predicted octanol–water partition coefficient (Wildman–Crippen LogP) is -7.11. The number of carboxylic acid groups (broad SMARTS) is 1. The van der Waals surface area contributed by atoms with Crippen LogP contribution in [0.3, 0.4) is 0 Å². The van der Waals surface area contributed by atoms with E-state index in [9.17, 15) is 24.0 Å². The molecular formula is C23H54K4O14. The molecule has 0 rings (SSSR count). The summed E-state index contributed by atoms with van der Waals surface area (Å²) in [6.07, 6.45) is -2.18. The molecule has 0 saturated heterocycles. The van der Waals surface area contributed by atoms with Crippen LogP contribution in [0.1, 0.15) is 65.2 Å².